The maximum atomic E-state index is 12.6. The molecule has 0 aliphatic carbocycles. The van der Waals surface area contributed by atoms with Crippen molar-refractivity contribution in [2.24, 2.45) is 0 Å². The molecule has 1 N–H and O–H groups in total. The Balaban J connectivity index is 3.19. The van der Waals surface area contributed by atoms with Crippen molar-refractivity contribution in [3.05, 3.63) is 23.5 Å². The zero-order chi connectivity index (χ0) is 14.5. The molecule has 0 bridgehead atoms. The SMILES string of the molecule is CCC(CC)N(CCO)S(=O)(=O)c1ccnc(Cl)c1. The van der Waals surface area contributed by atoms with Gasteiger partial charge in [-0.1, -0.05) is 25.4 Å². The topological polar surface area (TPSA) is 70.5 Å². The quantitative estimate of drug-likeness (QED) is 0.781. The minimum atomic E-state index is -3.66. The lowest BCUT2D eigenvalue weighted by Gasteiger charge is -2.28. The third-order valence-corrected chi connectivity index (χ3v) is 5.13. The molecule has 0 saturated carbocycles. The second-order valence-corrected chi connectivity index (χ2v) is 6.40. The van der Waals surface area contributed by atoms with E-state index in [0.29, 0.717) is 12.8 Å². The Morgan fingerprint density at radius 1 is 1.42 bits per heavy atom. The van der Waals surface area contributed by atoms with Crippen LogP contribution in [-0.4, -0.2) is 42.0 Å². The highest BCUT2D eigenvalue weighted by molar-refractivity contribution is 7.89. The Morgan fingerprint density at radius 2 is 2.05 bits per heavy atom. The highest BCUT2D eigenvalue weighted by Gasteiger charge is 2.29. The number of pyridine rings is 1. The van der Waals surface area contributed by atoms with Crippen LogP contribution in [-0.2, 0) is 10.0 Å². The first-order valence-electron chi connectivity index (χ1n) is 6.21. The van der Waals surface area contributed by atoms with Crippen LogP contribution in [0.1, 0.15) is 26.7 Å². The molecule has 0 aliphatic rings. The summed E-state index contributed by atoms with van der Waals surface area (Å²) in [6.45, 7) is 3.71. The Bertz CT molecular complexity index is 503. The number of aliphatic hydroxyl groups excluding tert-OH is 1. The molecule has 19 heavy (non-hydrogen) atoms. The lowest BCUT2D eigenvalue weighted by molar-refractivity contribution is 0.219. The van der Waals surface area contributed by atoms with Crippen molar-refractivity contribution in [3.63, 3.8) is 0 Å². The van der Waals surface area contributed by atoms with E-state index in [1.165, 1.54) is 22.6 Å². The van der Waals surface area contributed by atoms with E-state index < -0.39 is 10.0 Å². The minimum Gasteiger partial charge on any atom is -0.395 e. The van der Waals surface area contributed by atoms with Gasteiger partial charge in [-0.25, -0.2) is 13.4 Å². The van der Waals surface area contributed by atoms with Crippen molar-refractivity contribution in [3.8, 4) is 0 Å². The average Bonchev–Trinajstić information content (AvgIpc) is 2.39. The van der Waals surface area contributed by atoms with E-state index >= 15 is 0 Å². The largest absolute Gasteiger partial charge is 0.395 e. The van der Waals surface area contributed by atoms with Crippen molar-refractivity contribution in [2.75, 3.05) is 13.2 Å². The van der Waals surface area contributed by atoms with Crippen molar-refractivity contribution in [1.29, 1.82) is 0 Å². The summed E-state index contributed by atoms with van der Waals surface area (Å²) < 4.78 is 26.5. The number of rotatable bonds is 7. The molecule has 5 nitrogen and oxygen atoms in total. The zero-order valence-electron chi connectivity index (χ0n) is 11.1. The number of nitrogens with zero attached hydrogens (tertiary/aromatic N) is 2. The first-order chi connectivity index (χ1) is 8.97. The van der Waals surface area contributed by atoms with Gasteiger partial charge < -0.3 is 5.11 Å². The van der Waals surface area contributed by atoms with Crippen LogP contribution in [0.2, 0.25) is 5.15 Å². The molecule has 0 amide bonds. The van der Waals surface area contributed by atoms with Gasteiger partial charge in [0.15, 0.2) is 0 Å². The lowest BCUT2D eigenvalue weighted by atomic mass is 10.2. The Hall–Kier alpha value is -0.690. The molecule has 1 aromatic heterocycles. The van der Waals surface area contributed by atoms with Crippen LogP contribution in [0, 0.1) is 0 Å². The van der Waals surface area contributed by atoms with Crippen LogP contribution in [0.5, 0.6) is 0 Å². The van der Waals surface area contributed by atoms with E-state index in [1.54, 1.807) is 0 Å². The highest BCUT2D eigenvalue weighted by Crippen LogP contribution is 2.22. The van der Waals surface area contributed by atoms with Crippen molar-refractivity contribution < 1.29 is 13.5 Å². The number of sulfonamides is 1. The Labute approximate surface area is 119 Å². The van der Waals surface area contributed by atoms with Gasteiger partial charge in [0.1, 0.15) is 5.15 Å². The molecule has 0 unspecified atom stereocenters. The van der Waals surface area contributed by atoms with Crippen LogP contribution in [0.3, 0.4) is 0 Å². The van der Waals surface area contributed by atoms with Crippen LogP contribution in [0.4, 0.5) is 0 Å². The highest BCUT2D eigenvalue weighted by atomic mass is 35.5. The normalized spacial score (nSPS) is 12.3. The second kappa shape index (κ2) is 7.19. The van der Waals surface area contributed by atoms with Crippen molar-refractivity contribution in [1.82, 2.24) is 9.29 Å². The Kier molecular flexibility index (Phi) is 6.19. The predicted molar refractivity (Wildman–Crippen MR) is 74.6 cm³/mol. The number of hydrogen-bond donors (Lipinski definition) is 1. The third-order valence-electron chi connectivity index (χ3n) is 2.97. The maximum absolute atomic E-state index is 12.6. The molecule has 0 fully saturated rings. The van der Waals surface area contributed by atoms with Crippen LogP contribution < -0.4 is 0 Å². The van der Waals surface area contributed by atoms with Crippen LogP contribution in [0.15, 0.2) is 23.2 Å². The molecule has 1 rings (SSSR count). The minimum absolute atomic E-state index is 0.0780. The number of hydrogen-bond acceptors (Lipinski definition) is 4. The van der Waals surface area contributed by atoms with Gasteiger partial charge in [0, 0.05) is 18.8 Å². The fraction of sp³-hybridized carbons (Fsp3) is 0.583. The molecule has 0 aliphatic heterocycles. The molecule has 0 radical (unpaired) electrons. The van der Waals surface area contributed by atoms with E-state index in [0.717, 1.165) is 0 Å². The molecule has 108 valence electrons. The van der Waals surface area contributed by atoms with Gasteiger partial charge in [0.25, 0.3) is 0 Å². The summed E-state index contributed by atoms with van der Waals surface area (Å²) in [5.74, 6) is 0. The number of halogens is 1. The zero-order valence-corrected chi connectivity index (χ0v) is 12.7. The van der Waals surface area contributed by atoms with Crippen LogP contribution >= 0.6 is 11.6 Å². The summed E-state index contributed by atoms with van der Waals surface area (Å²) in [5.41, 5.74) is 0. The molecule has 0 atom stereocenters. The van der Waals surface area contributed by atoms with E-state index in [-0.39, 0.29) is 29.2 Å². The molecule has 0 saturated heterocycles. The second-order valence-electron chi connectivity index (χ2n) is 4.12. The standard InChI is InChI=1S/C12H19ClN2O3S/c1-3-10(4-2)15(7-8-16)19(17,18)11-5-6-14-12(13)9-11/h5-6,9-10,16H,3-4,7-8H2,1-2H3. The predicted octanol–water partition coefficient (Wildman–Crippen LogP) is 1.91. The fourth-order valence-corrected chi connectivity index (χ4v) is 3.99. The maximum Gasteiger partial charge on any atom is 0.243 e. The molecule has 7 heteroatoms. The number of aliphatic hydroxyl groups is 1. The molecular formula is C12H19ClN2O3S. The van der Waals surface area contributed by atoms with E-state index in [2.05, 4.69) is 4.98 Å². The van der Waals surface area contributed by atoms with Gasteiger partial charge in [-0.05, 0) is 25.0 Å². The molecule has 0 aromatic carbocycles. The summed E-state index contributed by atoms with van der Waals surface area (Å²) >= 11 is 5.74. The van der Waals surface area contributed by atoms with Gasteiger partial charge in [-0.3, -0.25) is 0 Å². The summed E-state index contributed by atoms with van der Waals surface area (Å²) in [5, 5.41) is 9.23. The summed E-state index contributed by atoms with van der Waals surface area (Å²) in [7, 11) is -3.66. The first-order valence-corrected chi connectivity index (χ1v) is 8.03. The fourth-order valence-electron chi connectivity index (χ4n) is 1.97. The Morgan fingerprint density at radius 3 is 2.53 bits per heavy atom. The van der Waals surface area contributed by atoms with Crippen molar-refractivity contribution >= 4 is 21.6 Å². The van der Waals surface area contributed by atoms with E-state index in [1.807, 2.05) is 13.8 Å². The van der Waals surface area contributed by atoms with Gasteiger partial charge in [-0.15, -0.1) is 0 Å². The molecule has 1 aromatic rings. The van der Waals surface area contributed by atoms with Crippen LogP contribution in [0.25, 0.3) is 0 Å². The van der Waals surface area contributed by atoms with Crippen molar-refractivity contribution in [2.45, 2.75) is 37.6 Å². The molecule has 1 heterocycles. The van der Waals surface area contributed by atoms with E-state index in [4.69, 9.17) is 16.7 Å². The van der Waals surface area contributed by atoms with Gasteiger partial charge >= 0.3 is 0 Å². The first kappa shape index (κ1) is 16.4. The monoisotopic (exact) mass is 306 g/mol. The average molecular weight is 307 g/mol. The lowest BCUT2D eigenvalue weighted by Crippen LogP contribution is -2.41. The van der Waals surface area contributed by atoms with Gasteiger partial charge in [0.2, 0.25) is 10.0 Å². The summed E-state index contributed by atoms with van der Waals surface area (Å²) in [4.78, 5) is 3.88. The molecule has 0 spiro atoms. The molecular weight excluding hydrogens is 288 g/mol. The van der Waals surface area contributed by atoms with E-state index in [9.17, 15) is 8.42 Å². The third kappa shape index (κ3) is 3.89. The van der Waals surface area contributed by atoms with Gasteiger partial charge in [0.05, 0.1) is 11.5 Å². The summed E-state index contributed by atoms with van der Waals surface area (Å²) in [6.07, 6.45) is 2.74. The van der Waals surface area contributed by atoms with Gasteiger partial charge in [-0.2, -0.15) is 4.31 Å². The number of aromatic nitrogens is 1. The summed E-state index contributed by atoms with van der Waals surface area (Å²) in [6, 6.07) is 2.60. The smallest absolute Gasteiger partial charge is 0.243 e.